The van der Waals surface area contributed by atoms with Crippen molar-refractivity contribution >= 4 is 0 Å². The maximum Gasteiger partial charge on any atom is 0.181 e. The first kappa shape index (κ1) is 32.1. The first-order valence-corrected chi connectivity index (χ1v) is 1.72. The van der Waals surface area contributed by atoms with Crippen molar-refractivity contribution in [3.05, 3.63) is 12.5 Å². The van der Waals surface area contributed by atoms with Crippen LogP contribution in [0, 0.1) is 17.8 Å². The van der Waals surface area contributed by atoms with Crippen LogP contribution in [0.25, 0.3) is 0 Å². The zero-order valence-electron chi connectivity index (χ0n) is 5.83. The monoisotopic (exact) mass is 289 g/mol. The Bertz CT molecular complexity index is 38.4. The Labute approximate surface area is 91.6 Å². The molecule has 9 heavy (non-hydrogen) atoms. The van der Waals surface area contributed by atoms with Crippen molar-refractivity contribution in [1.29, 1.82) is 5.26 Å². The first-order valence-electron chi connectivity index (χ1n) is 1.72. The molecule has 55 valence electrons. The van der Waals surface area contributed by atoms with E-state index in [1.165, 1.54) is 5.92 Å². The number of nitrogens with zero attached hydrogens (tertiary/aromatic N) is 1. The van der Waals surface area contributed by atoms with Crippen LogP contribution in [0.3, 0.4) is 0 Å². The predicted molar refractivity (Wildman–Crippen MR) is 25.2 cm³/mol. The Morgan fingerprint density at radius 3 is 1.11 bits per heavy atom. The summed E-state index contributed by atoms with van der Waals surface area (Å²) in [6, 6.07) is 0. The van der Waals surface area contributed by atoms with Gasteiger partial charge >= 0.3 is 0 Å². The first-order chi connectivity index (χ1) is 2.73. The number of hydrogen-bond donors (Lipinski definition) is 0. The summed E-state index contributed by atoms with van der Waals surface area (Å²) in [5, 5.41) is 6.25. The molecule has 0 aromatic rings. The Morgan fingerprint density at radius 1 is 1.11 bits per heavy atom. The predicted octanol–water partition coefficient (Wildman–Crippen LogP) is -1.28. The quantitative estimate of drug-likeness (QED) is 0.510. The molecular weight excluding hydrogens is 283 g/mol. The van der Waals surface area contributed by atoms with Crippen molar-refractivity contribution < 1.29 is 53.5 Å². The van der Waals surface area contributed by atoms with Gasteiger partial charge in [0.2, 0.25) is 0 Å². The van der Waals surface area contributed by atoms with Gasteiger partial charge in [0.25, 0.3) is 0 Å². The summed E-state index contributed by atoms with van der Waals surface area (Å²) in [6.07, 6.45) is 0. The van der Waals surface area contributed by atoms with Gasteiger partial charge in [-0.1, -0.05) is 20.8 Å². The molecule has 3 radical (unpaired) electrons. The molecule has 0 amide bonds. The summed E-state index contributed by atoms with van der Waals surface area (Å²) < 4.78 is 0. The van der Waals surface area contributed by atoms with Gasteiger partial charge in [0.15, 0.2) is 6.57 Å². The molecule has 0 aliphatic heterocycles. The summed E-state index contributed by atoms with van der Waals surface area (Å²) >= 11 is 0. The van der Waals surface area contributed by atoms with Crippen LogP contribution in [0.1, 0.15) is 20.8 Å². The molecule has 0 unspecified atom stereocenters. The van der Waals surface area contributed by atoms with Gasteiger partial charge in [0.1, 0.15) is 0 Å². The second-order valence-electron chi connectivity index (χ2n) is 1.50. The average Bonchev–Trinajstić information content (AvgIpc) is 1.41. The van der Waals surface area contributed by atoms with Crippen LogP contribution in [-0.4, -0.2) is 0 Å². The van der Waals surface area contributed by atoms with E-state index in [1.807, 2.05) is 0 Å². The van der Waals surface area contributed by atoms with E-state index in [-0.39, 0.29) is 53.5 Å². The summed E-state index contributed by atoms with van der Waals surface area (Å²) in [5.74, 6) is 1.42. The van der Waals surface area contributed by atoms with Crippen LogP contribution in [0.15, 0.2) is 0 Å². The SMILES string of the molecule is C[C](C)C.[Br-].[C]#N.[Cu].[Zn]. The van der Waals surface area contributed by atoms with Crippen LogP contribution >= 0.6 is 0 Å². The van der Waals surface area contributed by atoms with Gasteiger partial charge in [-0.05, 0) is 5.92 Å². The smallest absolute Gasteiger partial charge is 0.181 e. The zero-order valence-corrected chi connectivity index (χ0v) is 11.3. The molecule has 1 nitrogen and oxygen atoms in total. The minimum absolute atomic E-state index is 0. The fraction of sp³-hybridized carbons (Fsp3) is 0.600. The van der Waals surface area contributed by atoms with E-state index in [0.717, 1.165) is 0 Å². The van der Waals surface area contributed by atoms with Crippen molar-refractivity contribution in [3.63, 3.8) is 0 Å². The van der Waals surface area contributed by atoms with Crippen molar-refractivity contribution in [3.8, 4) is 0 Å². The van der Waals surface area contributed by atoms with Crippen molar-refractivity contribution in [2.75, 3.05) is 0 Å². The fourth-order valence-corrected chi connectivity index (χ4v) is 0. The standard InChI is InChI=1S/C4H9.CN.BrH.Cu.Zn/c1-4(2)3;1-2;;;/h1-3H3;;1H;;/p-1. The molecule has 0 fully saturated rings. The maximum absolute atomic E-state index is 6.25. The summed E-state index contributed by atoms with van der Waals surface area (Å²) in [4.78, 5) is 0. The zero-order chi connectivity index (χ0) is 5.58. The summed E-state index contributed by atoms with van der Waals surface area (Å²) in [7, 11) is 0. The van der Waals surface area contributed by atoms with E-state index >= 15 is 0 Å². The summed E-state index contributed by atoms with van der Waals surface area (Å²) in [5.41, 5.74) is 0. The van der Waals surface area contributed by atoms with Gasteiger partial charge in [0.05, 0.1) is 0 Å². The molecule has 0 N–H and O–H groups in total. The van der Waals surface area contributed by atoms with Crippen molar-refractivity contribution in [1.82, 2.24) is 0 Å². The molecule has 0 atom stereocenters. The molecule has 0 rings (SSSR count). The number of halogens is 1. The average molecular weight is 292 g/mol. The molecule has 4 heteroatoms. The second kappa shape index (κ2) is 35.5. The van der Waals surface area contributed by atoms with Crippen molar-refractivity contribution in [2.45, 2.75) is 20.8 Å². The topological polar surface area (TPSA) is 23.8 Å². The van der Waals surface area contributed by atoms with Crippen LogP contribution in [-0.2, 0) is 36.5 Å². The number of hydrogen-bond acceptors (Lipinski definition) is 1. The molecular formula is C5H9BrCuNZn-. The van der Waals surface area contributed by atoms with Crippen LogP contribution in [0.2, 0.25) is 0 Å². The fourth-order valence-electron chi connectivity index (χ4n) is 0. The van der Waals surface area contributed by atoms with Gasteiger partial charge in [0, 0.05) is 36.5 Å². The minimum Gasteiger partial charge on any atom is -1.00 e. The third-order valence-corrected chi connectivity index (χ3v) is 0. The molecule has 0 saturated heterocycles. The van der Waals surface area contributed by atoms with E-state index in [0.29, 0.717) is 0 Å². The van der Waals surface area contributed by atoms with E-state index < -0.39 is 0 Å². The molecule has 0 spiro atoms. The molecule has 0 heterocycles. The Morgan fingerprint density at radius 2 is 1.11 bits per heavy atom. The normalized spacial score (nSPS) is 4.22. The van der Waals surface area contributed by atoms with Crippen LogP contribution in [0.5, 0.6) is 0 Å². The van der Waals surface area contributed by atoms with Crippen molar-refractivity contribution in [2.24, 2.45) is 0 Å². The second-order valence-corrected chi connectivity index (χ2v) is 1.50. The van der Waals surface area contributed by atoms with E-state index in [2.05, 4.69) is 20.8 Å². The summed E-state index contributed by atoms with van der Waals surface area (Å²) in [6.45, 7) is 11.0. The van der Waals surface area contributed by atoms with E-state index in [4.69, 9.17) is 11.8 Å². The molecule has 0 aliphatic rings. The van der Waals surface area contributed by atoms with Crippen LogP contribution in [0.4, 0.5) is 0 Å². The van der Waals surface area contributed by atoms with Gasteiger partial charge in [-0.3, -0.25) is 0 Å². The molecule has 0 bridgehead atoms. The largest absolute Gasteiger partial charge is 1.00 e. The van der Waals surface area contributed by atoms with Gasteiger partial charge < -0.3 is 17.0 Å². The Balaban J connectivity index is -0.00000000990. The van der Waals surface area contributed by atoms with Gasteiger partial charge in [-0.25, -0.2) is 0 Å². The maximum atomic E-state index is 6.25. The number of rotatable bonds is 0. The minimum atomic E-state index is 0. The van der Waals surface area contributed by atoms with E-state index in [9.17, 15) is 0 Å². The molecule has 0 aromatic heterocycles. The Kier molecular flexibility index (Phi) is 127. The Hall–Kier alpha value is 1.11. The van der Waals surface area contributed by atoms with Gasteiger partial charge in [-0.2, -0.15) is 5.26 Å². The molecule has 0 aromatic carbocycles. The van der Waals surface area contributed by atoms with E-state index in [1.54, 1.807) is 0 Å². The van der Waals surface area contributed by atoms with Gasteiger partial charge in [-0.15, -0.1) is 0 Å². The third-order valence-electron chi connectivity index (χ3n) is 0. The molecule has 0 saturated carbocycles. The molecule has 0 aliphatic carbocycles. The van der Waals surface area contributed by atoms with Crippen LogP contribution < -0.4 is 17.0 Å². The third kappa shape index (κ3) is 372.